The normalized spacial score (nSPS) is 12.0. The lowest BCUT2D eigenvalue weighted by Crippen LogP contribution is -2.24. The molecule has 0 bridgehead atoms. The molecule has 2 rings (SSSR count). The molecule has 0 fully saturated rings. The first-order valence-corrected chi connectivity index (χ1v) is 9.81. The summed E-state index contributed by atoms with van der Waals surface area (Å²) in [6, 6.07) is 1.66. The number of sulfonamides is 1. The molecule has 0 saturated carbocycles. The number of aryl methyl sites for hydroxylation is 2. The van der Waals surface area contributed by atoms with Gasteiger partial charge >= 0.3 is 0 Å². The fraction of sp³-hybridized carbons (Fsp3) is 0.438. The summed E-state index contributed by atoms with van der Waals surface area (Å²) < 4.78 is 26.6. The highest BCUT2D eigenvalue weighted by Crippen LogP contribution is 2.25. The number of nitrogens with one attached hydrogen (secondary N) is 3. The fourth-order valence-corrected chi connectivity index (χ4v) is 3.04. The molecule has 0 atom stereocenters. The van der Waals surface area contributed by atoms with Crippen LogP contribution in [0.5, 0.6) is 0 Å². The number of hydrogen-bond donors (Lipinski definition) is 3. The van der Waals surface area contributed by atoms with Gasteiger partial charge in [-0.05, 0) is 33.4 Å². The minimum absolute atomic E-state index is 0.0839. The van der Waals surface area contributed by atoms with E-state index in [0.29, 0.717) is 11.4 Å². The molecule has 0 radical (unpaired) electrons. The molecule has 0 aliphatic carbocycles. The molecule has 9 nitrogen and oxygen atoms in total. The van der Waals surface area contributed by atoms with E-state index in [-0.39, 0.29) is 12.5 Å². The van der Waals surface area contributed by atoms with Gasteiger partial charge in [0, 0.05) is 29.8 Å². The third-order valence-corrected chi connectivity index (χ3v) is 4.96. The van der Waals surface area contributed by atoms with Crippen molar-refractivity contribution in [2.75, 3.05) is 13.6 Å². The monoisotopic (exact) mass is 380 g/mol. The van der Waals surface area contributed by atoms with Gasteiger partial charge in [0.05, 0.1) is 11.4 Å². The zero-order valence-corrected chi connectivity index (χ0v) is 16.1. The summed E-state index contributed by atoms with van der Waals surface area (Å²) in [5, 5.41) is 15.1. The SMILES string of the molecule is CCCn1nc(C)c(-c2cc(C(=O)NC/C=C/S(=O)(=O)NC)[nH]n2)c1C. The summed E-state index contributed by atoms with van der Waals surface area (Å²) in [5.41, 5.74) is 3.72. The zero-order chi connectivity index (χ0) is 19.3. The third kappa shape index (κ3) is 4.58. The number of hydrogen-bond acceptors (Lipinski definition) is 5. The lowest BCUT2D eigenvalue weighted by Gasteiger charge is -2.01. The van der Waals surface area contributed by atoms with Crippen molar-refractivity contribution in [1.29, 1.82) is 0 Å². The molecule has 26 heavy (non-hydrogen) atoms. The average Bonchev–Trinajstić information content (AvgIpc) is 3.17. The van der Waals surface area contributed by atoms with Crippen LogP contribution in [0.2, 0.25) is 0 Å². The first-order valence-electron chi connectivity index (χ1n) is 8.27. The van der Waals surface area contributed by atoms with Crippen LogP contribution in [0.4, 0.5) is 0 Å². The molecule has 1 amide bonds. The molecule has 2 aromatic rings. The van der Waals surface area contributed by atoms with Crippen LogP contribution < -0.4 is 10.0 Å². The van der Waals surface area contributed by atoms with Crippen LogP contribution in [0.3, 0.4) is 0 Å². The van der Waals surface area contributed by atoms with E-state index in [1.54, 1.807) is 6.07 Å². The van der Waals surface area contributed by atoms with E-state index >= 15 is 0 Å². The summed E-state index contributed by atoms with van der Waals surface area (Å²) in [6.07, 6.45) is 2.33. The van der Waals surface area contributed by atoms with Crippen molar-refractivity contribution in [2.24, 2.45) is 0 Å². The smallest absolute Gasteiger partial charge is 0.269 e. The summed E-state index contributed by atoms with van der Waals surface area (Å²) in [7, 11) is -2.12. The quantitative estimate of drug-likeness (QED) is 0.633. The first kappa shape index (κ1) is 19.9. The Hall–Kier alpha value is -2.46. The molecule has 0 unspecified atom stereocenters. The van der Waals surface area contributed by atoms with Crippen molar-refractivity contribution in [2.45, 2.75) is 33.7 Å². The highest BCUT2D eigenvalue weighted by molar-refractivity contribution is 7.92. The Morgan fingerprint density at radius 3 is 2.77 bits per heavy atom. The molecular weight excluding hydrogens is 356 g/mol. The number of carbonyl (C=O) groups excluding carboxylic acids is 1. The highest BCUT2D eigenvalue weighted by Gasteiger charge is 2.17. The maximum Gasteiger partial charge on any atom is 0.269 e. The van der Waals surface area contributed by atoms with E-state index < -0.39 is 10.0 Å². The van der Waals surface area contributed by atoms with Gasteiger partial charge in [-0.2, -0.15) is 10.2 Å². The summed E-state index contributed by atoms with van der Waals surface area (Å²) in [5.74, 6) is -0.369. The Kier molecular flexibility index (Phi) is 6.32. The lowest BCUT2D eigenvalue weighted by molar-refractivity contribution is 0.0953. The summed E-state index contributed by atoms with van der Waals surface area (Å²) in [4.78, 5) is 12.2. The van der Waals surface area contributed by atoms with Gasteiger partial charge in [0.2, 0.25) is 10.0 Å². The minimum Gasteiger partial charge on any atom is -0.347 e. The van der Waals surface area contributed by atoms with Crippen molar-refractivity contribution in [1.82, 2.24) is 30.0 Å². The van der Waals surface area contributed by atoms with Gasteiger partial charge in [-0.15, -0.1) is 0 Å². The first-order chi connectivity index (χ1) is 12.3. The van der Waals surface area contributed by atoms with Crippen molar-refractivity contribution in [3.8, 4) is 11.3 Å². The second kappa shape index (κ2) is 8.28. The molecule has 0 aliphatic rings. The number of H-pyrrole nitrogens is 1. The number of nitrogens with zero attached hydrogens (tertiary/aromatic N) is 3. The van der Waals surface area contributed by atoms with Gasteiger partial charge < -0.3 is 5.32 Å². The van der Waals surface area contributed by atoms with E-state index in [2.05, 4.69) is 32.3 Å². The Morgan fingerprint density at radius 2 is 2.12 bits per heavy atom. The maximum absolute atomic E-state index is 12.2. The number of aromatic nitrogens is 4. The second-order valence-electron chi connectivity index (χ2n) is 5.77. The number of rotatable bonds is 8. The van der Waals surface area contributed by atoms with Crippen molar-refractivity contribution < 1.29 is 13.2 Å². The van der Waals surface area contributed by atoms with Gasteiger partial charge in [0.1, 0.15) is 5.69 Å². The molecule has 0 spiro atoms. The van der Waals surface area contributed by atoms with E-state index in [0.717, 1.165) is 35.3 Å². The zero-order valence-electron chi connectivity index (χ0n) is 15.3. The van der Waals surface area contributed by atoms with E-state index in [1.807, 2.05) is 18.5 Å². The molecule has 0 aliphatic heterocycles. The van der Waals surface area contributed by atoms with E-state index in [1.165, 1.54) is 13.1 Å². The van der Waals surface area contributed by atoms with Crippen molar-refractivity contribution in [3.63, 3.8) is 0 Å². The van der Waals surface area contributed by atoms with Crippen LogP contribution >= 0.6 is 0 Å². The predicted octanol–water partition coefficient (Wildman–Crippen LogP) is 1.09. The third-order valence-electron chi connectivity index (χ3n) is 3.84. The molecule has 0 aromatic carbocycles. The largest absolute Gasteiger partial charge is 0.347 e. The summed E-state index contributed by atoms with van der Waals surface area (Å²) in [6.45, 7) is 6.89. The molecule has 3 N–H and O–H groups in total. The number of amides is 1. The van der Waals surface area contributed by atoms with Crippen LogP contribution in [0.25, 0.3) is 11.3 Å². The standard InChI is InChI=1S/C16H24N6O3S/c1-5-8-22-12(3)15(11(2)21-22)13-10-14(20-19-13)16(23)18-7-6-9-26(24,25)17-4/h6,9-10,17H,5,7-8H2,1-4H3,(H,18,23)(H,19,20)/b9-6+. The number of carbonyl (C=O) groups is 1. The van der Waals surface area contributed by atoms with Crippen LogP contribution in [0, 0.1) is 13.8 Å². The Labute approximate surface area is 152 Å². The molecule has 0 saturated heterocycles. The molecular formula is C16H24N6O3S. The van der Waals surface area contributed by atoms with Crippen LogP contribution in [-0.2, 0) is 16.6 Å². The predicted molar refractivity (Wildman–Crippen MR) is 99.0 cm³/mol. The van der Waals surface area contributed by atoms with Gasteiger partial charge in [0.25, 0.3) is 5.91 Å². The summed E-state index contributed by atoms with van der Waals surface area (Å²) >= 11 is 0. The van der Waals surface area contributed by atoms with Gasteiger partial charge in [-0.3, -0.25) is 14.6 Å². The number of aromatic amines is 1. The molecule has 10 heteroatoms. The molecule has 2 heterocycles. The van der Waals surface area contributed by atoms with Gasteiger partial charge in [0.15, 0.2) is 0 Å². The molecule has 2 aromatic heterocycles. The van der Waals surface area contributed by atoms with Crippen molar-refractivity contribution in [3.05, 3.63) is 34.6 Å². The Bertz CT molecular complexity index is 911. The molecule has 142 valence electrons. The lowest BCUT2D eigenvalue weighted by atomic mass is 10.1. The highest BCUT2D eigenvalue weighted by atomic mass is 32.2. The van der Waals surface area contributed by atoms with Crippen LogP contribution in [-0.4, -0.2) is 47.9 Å². The minimum atomic E-state index is -3.44. The van der Waals surface area contributed by atoms with E-state index in [4.69, 9.17) is 0 Å². The van der Waals surface area contributed by atoms with Gasteiger partial charge in [-0.25, -0.2) is 13.1 Å². The second-order valence-corrected chi connectivity index (χ2v) is 7.54. The van der Waals surface area contributed by atoms with Gasteiger partial charge in [-0.1, -0.05) is 13.0 Å². The average molecular weight is 380 g/mol. The van der Waals surface area contributed by atoms with Crippen molar-refractivity contribution >= 4 is 15.9 Å². The Morgan fingerprint density at radius 1 is 1.38 bits per heavy atom. The maximum atomic E-state index is 12.2. The Balaban J connectivity index is 2.09. The van der Waals surface area contributed by atoms with Crippen LogP contribution in [0.1, 0.15) is 35.2 Å². The topological polar surface area (TPSA) is 122 Å². The fourth-order valence-electron chi connectivity index (χ4n) is 2.55. The van der Waals surface area contributed by atoms with E-state index in [9.17, 15) is 13.2 Å². The van der Waals surface area contributed by atoms with Crippen LogP contribution in [0.15, 0.2) is 17.6 Å².